The number of nitrogens with one attached hydrogen (secondary N) is 2. The molecule has 1 aromatic carbocycles. The van der Waals surface area contributed by atoms with Gasteiger partial charge in [0, 0.05) is 6.54 Å². The van der Waals surface area contributed by atoms with Gasteiger partial charge in [0.1, 0.15) is 30.8 Å². The van der Waals surface area contributed by atoms with Crippen LogP contribution in [0.4, 0.5) is 17.3 Å². The lowest BCUT2D eigenvalue weighted by Gasteiger charge is -2.28. The summed E-state index contributed by atoms with van der Waals surface area (Å²) in [7, 11) is 2.15. The molecule has 0 saturated carbocycles. The number of fused-ring (bicyclic) bond motifs is 2. The van der Waals surface area contributed by atoms with Crippen molar-refractivity contribution in [1.29, 1.82) is 0 Å². The van der Waals surface area contributed by atoms with Gasteiger partial charge in [-0.3, -0.25) is 0 Å². The topological polar surface area (TPSA) is 121 Å². The molecule has 3 aliphatic heterocycles. The summed E-state index contributed by atoms with van der Waals surface area (Å²) in [6, 6.07) is 9.99. The molecule has 10 nitrogen and oxygen atoms in total. The third kappa shape index (κ3) is 3.54. The van der Waals surface area contributed by atoms with Crippen LogP contribution in [-0.2, 0) is 20.3 Å². The fourth-order valence-corrected chi connectivity index (χ4v) is 4.78. The first-order valence-corrected chi connectivity index (χ1v) is 10.9. The van der Waals surface area contributed by atoms with Crippen molar-refractivity contribution in [2.45, 2.75) is 31.1 Å². The highest BCUT2D eigenvalue weighted by Crippen LogP contribution is 2.58. The molecule has 2 saturated heterocycles. The van der Waals surface area contributed by atoms with Crippen LogP contribution in [-0.4, -0.2) is 65.3 Å². The largest absolute Gasteiger partial charge is 0.488 e. The van der Waals surface area contributed by atoms with E-state index in [1.165, 1.54) is 6.33 Å². The summed E-state index contributed by atoms with van der Waals surface area (Å²) in [6.07, 6.45) is -1.58. The molecule has 2 aromatic rings. The van der Waals surface area contributed by atoms with Crippen LogP contribution in [0.3, 0.4) is 0 Å². The molecule has 4 heterocycles. The van der Waals surface area contributed by atoms with E-state index in [9.17, 15) is 10.00 Å². The van der Waals surface area contributed by atoms with Crippen molar-refractivity contribution in [2.24, 2.45) is 0 Å². The predicted octanol–water partition coefficient (Wildman–Crippen LogP) is 0.618. The molecule has 0 amide bonds. The number of benzene rings is 1. The van der Waals surface area contributed by atoms with Gasteiger partial charge in [0.25, 0.3) is 0 Å². The first-order chi connectivity index (χ1) is 14.0. The lowest BCUT2D eigenvalue weighted by atomic mass is 10.1. The van der Waals surface area contributed by atoms with Crippen molar-refractivity contribution in [3.8, 4) is 0 Å². The highest BCUT2D eigenvalue weighted by molar-refractivity contribution is 7.85. The van der Waals surface area contributed by atoms with Crippen LogP contribution in [0.25, 0.3) is 0 Å². The van der Waals surface area contributed by atoms with Gasteiger partial charge in [-0.05, 0) is 5.56 Å². The lowest BCUT2D eigenvalue weighted by molar-refractivity contribution is -0.0440. The summed E-state index contributed by atoms with van der Waals surface area (Å²) in [5, 5.41) is 17.3. The first kappa shape index (κ1) is 19.0. The Kier molecular flexibility index (Phi) is 4.81. The van der Waals surface area contributed by atoms with E-state index in [0.717, 1.165) is 11.3 Å². The molecule has 2 radical (unpaired) electrons. The smallest absolute Gasteiger partial charge is 0.385 e. The van der Waals surface area contributed by atoms with Crippen molar-refractivity contribution in [3.05, 3.63) is 42.2 Å². The molecule has 12 heteroatoms. The summed E-state index contributed by atoms with van der Waals surface area (Å²) in [5.74, 6) is 1.27. The Labute approximate surface area is 169 Å². The maximum absolute atomic E-state index is 10.7. The Bertz CT molecular complexity index is 894. The van der Waals surface area contributed by atoms with Gasteiger partial charge < -0.3 is 25.4 Å². The highest BCUT2D eigenvalue weighted by Gasteiger charge is 2.58. The average Bonchev–Trinajstić information content (AvgIpc) is 3.28. The zero-order chi connectivity index (χ0) is 20.0. The van der Waals surface area contributed by atoms with E-state index >= 15 is 0 Å². The van der Waals surface area contributed by atoms with Crippen molar-refractivity contribution >= 4 is 32.7 Å². The fourth-order valence-electron chi connectivity index (χ4n) is 3.75. The van der Waals surface area contributed by atoms with Crippen LogP contribution >= 0.6 is 7.82 Å². The number of aliphatic hydroxyl groups excluding tert-OH is 1. The Morgan fingerprint density at radius 3 is 2.97 bits per heavy atom. The summed E-state index contributed by atoms with van der Waals surface area (Å²) >= 11 is 0. The molecule has 4 unspecified atom stereocenters. The Morgan fingerprint density at radius 2 is 2.14 bits per heavy atom. The van der Waals surface area contributed by atoms with Crippen molar-refractivity contribution in [3.63, 3.8) is 0 Å². The van der Waals surface area contributed by atoms with Crippen LogP contribution in [0.1, 0.15) is 5.56 Å². The van der Waals surface area contributed by atoms with E-state index < -0.39 is 32.4 Å². The SMILES string of the molecule is [B][P+]1(O)OCC2OC(N3CNc4c(NCc5ccccc5)ncnc43)C(O)[C@@H]2O1. The monoisotopic (exact) mass is 416 g/mol. The van der Waals surface area contributed by atoms with E-state index in [2.05, 4.69) is 20.6 Å². The van der Waals surface area contributed by atoms with E-state index in [0.29, 0.717) is 24.8 Å². The standard InChI is InChI=1S/C17H20BN5O5P/c18-29(25)26-7-11-14(28-29)13(24)17(27-11)23-9-22-12-15(20-8-21-16(12)23)19-6-10-4-2-1-3-5-10/h1-5,8,11,13-14,17,22,24-25H,6-7,9H2,(H,19,20,21)/q+1/t11?,13?,14-,17?,29?/m1/s1. The molecule has 3 aliphatic rings. The Morgan fingerprint density at radius 1 is 1.31 bits per heavy atom. The van der Waals surface area contributed by atoms with Gasteiger partial charge in [0.2, 0.25) is 0 Å². The highest BCUT2D eigenvalue weighted by atomic mass is 31.2. The molecule has 5 atom stereocenters. The normalized spacial score (nSPS) is 33.1. The van der Waals surface area contributed by atoms with Gasteiger partial charge in [0.05, 0.1) is 6.67 Å². The van der Waals surface area contributed by atoms with Gasteiger partial charge >= 0.3 is 15.4 Å². The zero-order valence-electron chi connectivity index (χ0n) is 15.4. The Balaban J connectivity index is 1.34. The third-order valence-corrected chi connectivity index (χ3v) is 6.21. The van der Waals surface area contributed by atoms with Crippen molar-refractivity contribution in [1.82, 2.24) is 9.97 Å². The van der Waals surface area contributed by atoms with Crippen LogP contribution < -0.4 is 15.5 Å². The minimum Gasteiger partial charge on any atom is -0.385 e. The van der Waals surface area contributed by atoms with Gasteiger partial charge in [-0.15, -0.1) is 0 Å². The van der Waals surface area contributed by atoms with Crippen LogP contribution in [0.5, 0.6) is 0 Å². The zero-order valence-corrected chi connectivity index (χ0v) is 16.3. The van der Waals surface area contributed by atoms with Crippen LogP contribution in [0.15, 0.2) is 36.7 Å². The maximum Gasteiger partial charge on any atom is 0.488 e. The second-order valence-corrected chi connectivity index (χ2v) is 8.65. The number of rotatable bonds is 4. The molecule has 2 fully saturated rings. The number of nitrogens with zero attached hydrogens (tertiary/aromatic N) is 3. The minimum absolute atomic E-state index is 0.0563. The van der Waals surface area contributed by atoms with Gasteiger partial charge in [-0.25, -0.2) is 14.9 Å². The molecule has 150 valence electrons. The van der Waals surface area contributed by atoms with Crippen LogP contribution in [0, 0.1) is 0 Å². The molecule has 4 N–H and O–H groups in total. The predicted molar refractivity (Wildman–Crippen MR) is 107 cm³/mol. The van der Waals surface area contributed by atoms with Gasteiger partial charge in [-0.2, -0.15) is 9.05 Å². The minimum atomic E-state index is -3.42. The van der Waals surface area contributed by atoms with E-state index in [4.69, 9.17) is 21.4 Å². The summed E-state index contributed by atoms with van der Waals surface area (Å²) in [6.45, 7) is 1.04. The fraction of sp³-hybridized carbons (Fsp3) is 0.412. The lowest BCUT2D eigenvalue weighted by Crippen LogP contribution is -2.45. The molecule has 0 aliphatic carbocycles. The number of ether oxygens (including phenoxy) is 1. The van der Waals surface area contributed by atoms with Crippen molar-refractivity contribution < 1.29 is 23.8 Å². The third-order valence-electron chi connectivity index (χ3n) is 5.14. The second kappa shape index (κ2) is 7.35. The molecular weight excluding hydrogens is 396 g/mol. The number of aliphatic hydroxyl groups is 1. The number of aromatic nitrogens is 2. The quantitative estimate of drug-likeness (QED) is 0.417. The van der Waals surface area contributed by atoms with Crippen LogP contribution in [0.2, 0.25) is 0 Å². The van der Waals surface area contributed by atoms with E-state index in [-0.39, 0.29) is 6.61 Å². The van der Waals surface area contributed by atoms with E-state index in [1.54, 1.807) is 4.90 Å². The molecule has 5 rings (SSSR count). The van der Waals surface area contributed by atoms with Gasteiger partial charge in [-0.1, -0.05) is 30.3 Å². The summed E-state index contributed by atoms with van der Waals surface area (Å²) in [4.78, 5) is 20.4. The molecular formula is C17H20BN5O5P+. The summed E-state index contributed by atoms with van der Waals surface area (Å²) < 4.78 is 16.4. The molecule has 29 heavy (non-hydrogen) atoms. The Hall–Kier alpha value is -2.01. The molecule has 0 spiro atoms. The second-order valence-electron chi connectivity index (χ2n) is 7.05. The molecule has 1 aromatic heterocycles. The van der Waals surface area contributed by atoms with E-state index in [1.807, 2.05) is 30.3 Å². The number of anilines is 3. The van der Waals surface area contributed by atoms with Gasteiger partial charge in [0.15, 0.2) is 24.0 Å². The molecule has 0 bridgehead atoms. The first-order valence-electron chi connectivity index (χ1n) is 9.22. The number of hydrogen-bond donors (Lipinski definition) is 4. The summed E-state index contributed by atoms with van der Waals surface area (Å²) in [5.41, 5.74) is 1.86. The van der Waals surface area contributed by atoms with Crippen molar-refractivity contribution in [2.75, 3.05) is 28.8 Å². The number of hydrogen-bond acceptors (Lipinski definition) is 10. The maximum atomic E-state index is 10.7. The average molecular weight is 416 g/mol.